The van der Waals surface area contributed by atoms with Gasteiger partial charge in [0.25, 0.3) is 5.91 Å². The Labute approximate surface area is 109 Å². The predicted octanol–water partition coefficient (Wildman–Crippen LogP) is 0.0321. The Morgan fingerprint density at radius 2 is 2.21 bits per heavy atom. The van der Waals surface area contributed by atoms with Crippen LogP contribution in [0, 0.1) is 13.8 Å². The Balaban J connectivity index is 2.08. The highest BCUT2D eigenvalue weighted by molar-refractivity contribution is 5.92. The summed E-state index contributed by atoms with van der Waals surface area (Å²) in [4.78, 5) is 20.0. The second-order valence-electron chi connectivity index (χ2n) is 4.07. The summed E-state index contributed by atoms with van der Waals surface area (Å²) in [6, 6.07) is 1.60. The lowest BCUT2D eigenvalue weighted by Crippen LogP contribution is -2.25. The van der Waals surface area contributed by atoms with Crippen molar-refractivity contribution < 1.29 is 4.79 Å². The summed E-state index contributed by atoms with van der Waals surface area (Å²) in [7, 11) is 0. The molecule has 0 saturated carbocycles. The third-order valence-electron chi connectivity index (χ3n) is 2.59. The number of aromatic nitrogens is 4. The zero-order valence-corrected chi connectivity index (χ0v) is 10.7. The first-order chi connectivity index (χ1) is 9.10. The Morgan fingerprint density at radius 1 is 1.42 bits per heavy atom. The van der Waals surface area contributed by atoms with E-state index in [-0.39, 0.29) is 17.5 Å². The Morgan fingerprint density at radius 3 is 2.84 bits per heavy atom. The van der Waals surface area contributed by atoms with Gasteiger partial charge in [0, 0.05) is 23.5 Å². The lowest BCUT2D eigenvalue weighted by Gasteiger charge is -2.06. The number of aromatic amines is 1. The van der Waals surface area contributed by atoms with Crippen molar-refractivity contribution >= 4 is 11.9 Å². The van der Waals surface area contributed by atoms with E-state index in [9.17, 15) is 4.79 Å². The number of nitrogen functional groups attached to an aromatic ring is 1. The van der Waals surface area contributed by atoms with Crippen molar-refractivity contribution in [2.24, 2.45) is 5.84 Å². The maximum absolute atomic E-state index is 12.0. The number of hydrazine groups is 1. The molecule has 2 aromatic heterocycles. The minimum absolute atomic E-state index is 0.213. The molecule has 0 spiro atoms. The highest BCUT2D eigenvalue weighted by Gasteiger charge is 2.10. The third kappa shape index (κ3) is 3.05. The van der Waals surface area contributed by atoms with Crippen molar-refractivity contribution in [1.82, 2.24) is 25.5 Å². The number of H-pyrrole nitrogens is 1. The van der Waals surface area contributed by atoms with Crippen LogP contribution in [0.2, 0.25) is 0 Å². The van der Waals surface area contributed by atoms with Gasteiger partial charge in [-0.1, -0.05) is 0 Å². The van der Waals surface area contributed by atoms with Gasteiger partial charge in [0.2, 0.25) is 5.95 Å². The van der Waals surface area contributed by atoms with Crippen molar-refractivity contribution in [1.29, 1.82) is 0 Å². The van der Waals surface area contributed by atoms with E-state index >= 15 is 0 Å². The topological polar surface area (TPSA) is 122 Å². The maximum atomic E-state index is 12.0. The van der Waals surface area contributed by atoms with Crippen LogP contribution < -0.4 is 16.6 Å². The van der Waals surface area contributed by atoms with Crippen molar-refractivity contribution in [3.63, 3.8) is 0 Å². The molecular weight excluding hydrogens is 246 g/mol. The quantitative estimate of drug-likeness (QED) is 0.455. The number of carbonyl (C=O) groups excluding carboxylic acids is 1. The van der Waals surface area contributed by atoms with Gasteiger partial charge in [-0.2, -0.15) is 5.10 Å². The van der Waals surface area contributed by atoms with Crippen molar-refractivity contribution in [2.75, 3.05) is 5.43 Å². The van der Waals surface area contributed by atoms with E-state index in [2.05, 4.69) is 30.9 Å². The lowest BCUT2D eigenvalue weighted by molar-refractivity contribution is 0.0945. The molecule has 8 nitrogen and oxygen atoms in total. The Bertz CT molecular complexity index is 592. The first-order valence-corrected chi connectivity index (χ1v) is 5.69. The fourth-order valence-electron chi connectivity index (χ4n) is 1.57. The normalized spacial score (nSPS) is 10.3. The standard InChI is InChI=1S/C11H15N7O/c1-6-3-9(16-11(15-6)17-12)10(19)13-4-8-5-14-18-7(8)2/h3,5H,4,12H2,1-2H3,(H,13,19)(H,14,18)(H,15,16,17). The van der Waals surface area contributed by atoms with Crippen LogP contribution in [0.25, 0.3) is 0 Å². The number of nitrogens with one attached hydrogen (secondary N) is 3. The molecule has 8 heteroatoms. The number of anilines is 1. The summed E-state index contributed by atoms with van der Waals surface area (Å²) < 4.78 is 0. The van der Waals surface area contributed by atoms with Gasteiger partial charge in [0.15, 0.2) is 0 Å². The number of nitrogens with two attached hydrogens (primary N) is 1. The zero-order chi connectivity index (χ0) is 13.8. The molecule has 0 unspecified atom stereocenters. The van der Waals surface area contributed by atoms with Gasteiger partial charge >= 0.3 is 0 Å². The summed E-state index contributed by atoms with van der Waals surface area (Å²) in [6.45, 7) is 4.04. The lowest BCUT2D eigenvalue weighted by atomic mass is 10.2. The van der Waals surface area contributed by atoms with Crippen LogP contribution in [0.5, 0.6) is 0 Å². The number of amides is 1. The first kappa shape index (κ1) is 13.0. The number of nitrogens with zero attached hydrogens (tertiary/aromatic N) is 3. The molecule has 2 heterocycles. The molecule has 0 radical (unpaired) electrons. The van der Waals surface area contributed by atoms with Crippen LogP contribution in [-0.4, -0.2) is 26.1 Å². The van der Waals surface area contributed by atoms with E-state index in [1.165, 1.54) is 0 Å². The predicted molar refractivity (Wildman–Crippen MR) is 69.1 cm³/mol. The molecule has 0 aliphatic carbocycles. The Kier molecular flexibility index (Phi) is 3.71. The molecule has 100 valence electrons. The van der Waals surface area contributed by atoms with E-state index in [0.29, 0.717) is 12.2 Å². The number of hydrogen-bond donors (Lipinski definition) is 4. The minimum Gasteiger partial charge on any atom is -0.346 e. The molecule has 0 aliphatic heterocycles. The number of rotatable bonds is 4. The van der Waals surface area contributed by atoms with Crippen molar-refractivity contribution in [3.8, 4) is 0 Å². The summed E-state index contributed by atoms with van der Waals surface area (Å²) in [6.07, 6.45) is 1.67. The molecule has 0 aromatic carbocycles. The summed E-state index contributed by atoms with van der Waals surface area (Å²) in [5.41, 5.74) is 5.10. The average molecular weight is 261 g/mol. The third-order valence-corrected chi connectivity index (χ3v) is 2.59. The molecule has 1 amide bonds. The molecule has 19 heavy (non-hydrogen) atoms. The van der Waals surface area contributed by atoms with E-state index < -0.39 is 0 Å². The number of aryl methyl sites for hydroxylation is 2. The molecule has 5 N–H and O–H groups in total. The molecular formula is C11H15N7O. The second-order valence-corrected chi connectivity index (χ2v) is 4.07. The fraction of sp³-hybridized carbons (Fsp3) is 0.273. The van der Waals surface area contributed by atoms with Gasteiger partial charge in [0.1, 0.15) is 5.69 Å². The van der Waals surface area contributed by atoms with Crippen LogP contribution in [0.15, 0.2) is 12.3 Å². The molecule has 0 bridgehead atoms. The van der Waals surface area contributed by atoms with E-state index in [4.69, 9.17) is 5.84 Å². The highest BCUT2D eigenvalue weighted by atomic mass is 16.1. The highest BCUT2D eigenvalue weighted by Crippen LogP contribution is 2.05. The van der Waals surface area contributed by atoms with Crippen LogP contribution in [0.4, 0.5) is 5.95 Å². The van der Waals surface area contributed by atoms with Crippen LogP contribution in [0.1, 0.15) is 27.4 Å². The molecule has 0 saturated heterocycles. The van der Waals surface area contributed by atoms with Gasteiger partial charge in [-0.05, 0) is 19.9 Å². The smallest absolute Gasteiger partial charge is 0.270 e. The maximum Gasteiger partial charge on any atom is 0.270 e. The van der Waals surface area contributed by atoms with Gasteiger partial charge in [-0.25, -0.2) is 15.8 Å². The monoisotopic (exact) mass is 261 g/mol. The van der Waals surface area contributed by atoms with Gasteiger partial charge < -0.3 is 5.32 Å². The van der Waals surface area contributed by atoms with Crippen LogP contribution in [0.3, 0.4) is 0 Å². The van der Waals surface area contributed by atoms with E-state index in [1.807, 2.05) is 6.92 Å². The van der Waals surface area contributed by atoms with Crippen LogP contribution >= 0.6 is 0 Å². The van der Waals surface area contributed by atoms with E-state index in [1.54, 1.807) is 19.2 Å². The number of carbonyl (C=O) groups is 1. The fourth-order valence-corrected chi connectivity index (χ4v) is 1.57. The van der Waals surface area contributed by atoms with Gasteiger partial charge in [0.05, 0.1) is 6.20 Å². The molecule has 2 rings (SSSR count). The van der Waals surface area contributed by atoms with Crippen molar-refractivity contribution in [2.45, 2.75) is 20.4 Å². The Hall–Kier alpha value is -2.48. The average Bonchev–Trinajstić information content (AvgIpc) is 2.80. The largest absolute Gasteiger partial charge is 0.346 e. The first-order valence-electron chi connectivity index (χ1n) is 5.69. The van der Waals surface area contributed by atoms with Gasteiger partial charge in [-0.15, -0.1) is 0 Å². The molecule has 0 aliphatic rings. The van der Waals surface area contributed by atoms with Crippen LogP contribution in [-0.2, 0) is 6.54 Å². The van der Waals surface area contributed by atoms with Gasteiger partial charge in [-0.3, -0.25) is 15.3 Å². The SMILES string of the molecule is Cc1cc(C(=O)NCc2cn[nH]c2C)nc(NN)n1. The zero-order valence-electron chi connectivity index (χ0n) is 10.7. The van der Waals surface area contributed by atoms with Crippen molar-refractivity contribution in [3.05, 3.63) is 34.9 Å². The molecule has 0 fully saturated rings. The summed E-state index contributed by atoms with van der Waals surface area (Å²) >= 11 is 0. The summed E-state index contributed by atoms with van der Waals surface area (Å²) in [5.74, 6) is 5.16. The molecule has 0 atom stereocenters. The minimum atomic E-state index is -0.289. The number of hydrogen-bond acceptors (Lipinski definition) is 6. The van der Waals surface area contributed by atoms with E-state index in [0.717, 1.165) is 11.3 Å². The summed E-state index contributed by atoms with van der Waals surface area (Å²) in [5, 5.41) is 9.45. The second kappa shape index (κ2) is 5.44. The molecule has 2 aromatic rings.